The molecule has 0 spiro atoms. The summed E-state index contributed by atoms with van der Waals surface area (Å²) in [4.78, 5) is 22.6. The molecule has 2 N–H and O–H groups in total. The van der Waals surface area contributed by atoms with E-state index in [-0.39, 0.29) is 17.9 Å². The van der Waals surface area contributed by atoms with E-state index < -0.39 is 0 Å². The topological polar surface area (TPSA) is 63.1 Å². The van der Waals surface area contributed by atoms with Crippen molar-refractivity contribution >= 4 is 11.8 Å². The van der Waals surface area contributed by atoms with Gasteiger partial charge in [-0.1, -0.05) is 0 Å². The molecule has 0 radical (unpaired) electrons. The smallest absolute Gasteiger partial charge is 0.242 e. The molecule has 1 aromatic heterocycles. The van der Waals surface area contributed by atoms with E-state index in [1.165, 1.54) is 0 Å². The van der Waals surface area contributed by atoms with E-state index in [1.807, 2.05) is 30.1 Å². The molecule has 5 heteroatoms. The first-order valence-electron chi connectivity index (χ1n) is 5.33. The first-order chi connectivity index (χ1) is 7.65. The van der Waals surface area contributed by atoms with Crippen molar-refractivity contribution in [2.24, 2.45) is 7.05 Å². The van der Waals surface area contributed by atoms with Crippen LogP contribution in [0, 0.1) is 0 Å². The lowest BCUT2D eigenvalue weighted by Gasteiger charge is -2.09. The molecule has 5 nitrogen and oxygen atoms in total. The second-order valence-corrected chi connectivity index (χ2v) is 4.06. The molecule has 2 rings (SSSR count). The number of nitrogens with one attached hydrogen (secondary N) is 2. The highest BCUT2D eigenvalue weighted by atomic mass is 16.2. The molecule has 1 aliphatic rings. The Bertz CT molecular complexity index is 411. The van der Waals surface area contributed by atoms with E-state index in [4.69, 9.17) is 0 Å². The lowest BCUT2D eigenvalue weighted by Crippen LogP contribution is -2.41. The Morgan fingerprint density at radius 3 is 3.06 bits per heavy atom. The Hall–Kier alpha value is -1.78. The monoisotopic (exact) mass is 221 g/mol. The molecule has 1 atom stereocenters. The van der Waals surface area contributed by atoms with Gasteiger partial charge >= 0.3 is 0 Å². The molecule has 0 aromatic carbocycles. The van der Waals surface area contributed by atoms with Gasteiger partial charge < -0.3 is 15.2 Å². The van der Waals surface area contributed by atoms with Crippen LogP contribution >= 0.6 is 0 Å². The lowest BCUT2D eigenvalue weighted by atomic mass is 10.2. The van der Waals surface area contributed by atoms with Gasteiger partial charge in [0.05, 0.1) is 0 Å². The number of aryl methyl sites for hydroxylation is 1. The maximum Gasteiger partial charge on any atom is 0.242 e. The molecule has 1 aromatic rings. The van der Waals surface area contributed by atoms with Crippen LogP contribution in [0.2, 0.25) is 0 Å². The Balaban J connectivity index is 1.82. The maximum atomic E-state index is 11.6. The van der Waals surface area contributed by atoms with Gasteiger partial charge in [0.25, 0.3) is 0 Å². The summed E-state index contributed by atoms with van der Waals surface area (Å²) in [5.41, 5.74) is 1.06. The normalized spacial score (nSPS) is 19.6. The molecule has 1 fully saturated rings. The zero-order chi connectivity index (χ0) is 11.5. The van der Waals surface area contributed by atoms with Crippen LogP contribution in [-0.2, 0) is 23.2 Å². The highest BCUT2D eigenvalue weighted by Gasteiger charge is 2.26. The number of amides is 2. The minimum atomic E-state index is -0.351. The van der Waals surface area contributed by atoms with E-state index in [0.29, 0.717) is 19.4 Å². The fourth-order valence-corrected chi connectivity index (χ4v) is 1.79. The SMILES string of the molecule is Cn1ccc(CNC(=O)C2CCC(=O)N2)c1. The van der Waals surface area contributed by atoms with Crippen molar-refractivity contribution in [3.8, 4) is 0 Å². The highest BCUT2D eigenvalue weighted by molar-refractivity contribution is 5.90. The Labute approximate surface area is 93.8 Å². The number of carbonyl (C=O) groups excluding carboxylic acids is 2. The molecule has 16 heavy (non-hydrogen) atoms. The molecule has 1 unspecified atom stereocenters. The van der Waals surface area contributed by atoms with Gasteiger partial charge in [-0.05, 0) is 18.1 Å². The largest absolute Gasteiger partial charge is 0.357 e. The Morgan fingerprint density at radius 1 is 1.69 bits per heavy atom. The standard InChI is InChI=1S/C11H15N3O2/c1-14-5-4-8(7-14)6-12-11(16)9-2-3-10(15)13-9/h4-5,7,9H,2-3,6H2,1H3,(H,12,16)(H,13,15). The molecule has 1 aliphatic heterocycles. The number of hydrogen-bond acceptors (Lipinski definition) is 2. The minimum Gasteiger partial charge on any atom is -0.357 e. The number of hydrogen-bond donors (Lipinski definition) is 2. The fraction of sp³-hybridized carbons (Fsp3) is 0.455. The average molecular weight is 221 g/mol. The van der Waals surface area contributed by atoms with E-state index in [1.54, 1.807) is 0 Å². The molecule has 0 aliphatic carbocycles. The predicted molar refractivity (Wildman–Crippen MR) is 58.4 cm³/mol. The zero-order valence-electron chi connectivity index (χ0n) is 9.19. The van der Waals surface area contributed by atoms with Crippen LogP contribution in [0.15, 0.2) is 18.5 Å². The average Bonchev–Trinajstić information content (AvgIpc) is 2.84. The molecular formula is C11H15N3O2. The quantitative estimate of drug-likeness (QED) is 0.750. The van der Waals surface area contributed by atoms with Crippen LogP contribution in [0.5, 0.6) is 0 Å². The third kappa shape index (κ3) is 2.42. The summed E-state index contributed by atoms with van der Waals surface area (Å²) in [5.74, 6) is -0.144. The third-order valence-electron chi connectivity index (χ3n) is 2.67. The van der Waals surface area contributed by atoms with Gasteiger partial charge in [0.2, 0.25) is 11.8 Å². The number of rotatable bonds is 3. The summed E-state index contributed by atoms with van der Waals surface area (Å²) in [6, 6.07) is 1.60. The number of aromatic nitrogens is 1. The lowest BCUT2D eigenvalue weighted by molar-refractivity contribution is -0.125. The molecular weight excluding hydrogens is 206 g/mol. The second kappa shape index (κ2) is 4.38. The van der Waals surface area contributed by atoms with E-state index in [9.17, 15) is 9.59 Å². The summed E-state index contributed by atoms with van der Waals surface area (Å²) in [6.07, 6.45) is 4.93. The second-order valence-electron chi connectivity index (χ2n) is 4.06. The van der Waals surface area contributed by atoms with E-state index in [2.05, 4.69) is 10.6 Å². The van der Waals surface area contributed by atoms with Crippen LogP contribution in [-0.4, -0.2) is 22.4 Å². The molecule has 0 saturated carbocycles. The minimum absolute atomic E-state index is 0.0418. The van der Waals surface area contributed by atoms with Crippen LogP contribution in [0.3, 0.4) is 0 Å². The fourth-order valence-electron chi connectivity index (χ4n) is 1.79. The van der Waals surface area contributed by atoms with Crippen LogP contribution < -0.4 is 10.6 Å². The van der Waals surface area contributed by atoms with Crippen molar-refractivity contribution in [3.05, 3.63) is 24.0 Å². The van der Waals surface area contributed by atoms with Gasteiger partial charge in [-0.15, -0.1) is 0 Å². The summed E-state index contributed by atoms with van der Waals surface area (Å²) >= 11 is 0. The van der Waals surface area contributed by atoms with Gasteiger partial charge in [0.1, 0.15) is 6.04 Å². The van der Waals surface area contributed by atoms with Crippen molar-refractivity contribution in [1.29, 1.82) is 0 Å². The Morgan fingerprint density at radius 2 is 2.50 bits per heavy atom. The zero-order valence-corrected chi connectivity index (χ0v) is 9.19. The van der Waals surface area contributed by atoms with Gasteiger partial charge in [-0.3, -0.25) is 9.59 Å². The predicted octanol–water partition coefficient (Wildman–Crippen LogP) is -0.0801. The summed E-state index contributed by atoms with van der Waals surface area (Å²) in [7, 11) is 1.93. The molecule has 2 amide bonds. The van der Waals surface area contributed by atoms with Crippen molar-refractivity contribution in [2.45, 2.75) is 25.4 Å². The first kappa shape index (κ1) is 10.7. The van der Waals surface area contributed by atoms with Crippen molar-refractivity contribution in [3.63, 3.8) is 0 Å². The van der Waals surface area contributed by atoms with Crippen LogP contribution in [0.25, 0.3) is 0 Å². The summed E-state index contributed by atoms with van der Waals surface area (Å²) in [6.45, 7) is 0.506. The maximum absolute atomic E-state index is 11.6. The Kier molecular flexibility index (Phi) is 2.94. The van der Waals surface area contributed by atoms with Crippen LogP contribution in [0.4, 0.5) is 0 Å². The van der Waals surface area contributed by atoms with E-state index in [0.717, 1.165) is 5.56 Å². The molecule has 2 heterocycles. The van der Waals surface area contributed by atoms with Crippen LogP contribution in [0.1, 0.15) is 18.4 Å². The molecule has 86 valence electrons. The molecule has 0 bridgehead atoms. The highest BCUT2D eigenvalue weighted by Crippen LogP contribution is 2.07. The number of carbonyl (C=O) groups is 2. The van der Waals surface area contributed by atoms with E-state index >= 15 is 0 Å². The number of nitrogens with zero attached hydrogens (tertiary/aromatic N) is 1. The summed E-state index contributed by atoms with van der Waals surface area (Å²) < 4.78 is 1.93. The van der Waals surface area contributed by atoms with Gasteiger partial charge in [0.15, 0.2) is 0 Å². The van der Waals surface area contributed by atoms with Crippen molar-refractivity contribution in [1.82, 2.24) is 15.2 Å². The third-order valence-corrected chi connectivity index (χ3v) is 2.67. The van der Waals surface area contributed by atoms with Gasteiger partial charge in [-0.2, -0.15) is 0 Å². The van der Waals surface area contributed by atoms with Crippen molar-refractivity contribution in [2.75, 3.05) is 0 Å². The first-order valence-corrected chi connectivity index (χ1v) is 5.33. The van der Waals surface area contributed by atoms with Gasteiger partial charge in [-0.25, -0.2) is 0 Å². The van der Waals surface area contributed by atoms with Crippen molar-refractivity contribution < 1.29 is 9.59 Å². The summed E-state index contributed by atoms with van der Waals surface area (Å²) in [5, 5.41) is 5.45. The molecule has 1 saturated heterocycles. The van der Waals surface area contributed by atoms with Gasteiger partial charge in [0, 0.05) is 32.4 Å².